The molecular formula is C26H20ClNO. The smallest absolute Gasteiger partial charge is 0.131 e. The van der Waals surface area contributed by atoms with E-state index in [1.54, 1.807) is 0 Å². The van der Waals surface area contributed by atoms with Crippen LogP contribution in [0.15, 0.2) is 97.1 Å². The van der Waals surface area contributed by atoms with Gasteiger partial charge >= 0.3 is 0 Å². The van der Waals surface area contributed by atoms with Crippen LogP contribution in [0, 0.1) is 0 Å². The minimum Gasteiger partial charge on any atom is -0.457 e. The van der Waals surface area contributed by atoms with E-state index in [-0.39, 0.29) is 5.92 Å². The molecule has 0 saturated heterocycles. The van der Waals surface area contributed by atoms with E-state index in [0.29, 0.717) is 0 Å². The number of ether oxygens (including phenoxy) is 1. The summed E-state index contributed by atoms with van der Waals surface area (Å²) in [6, 6.07) is 33.2. The Kier molecular flexibility index (Phi) is 4.71. The van der Waals surface area contributed by atoms with Crippen molar-refractivity contribution in [2.45, 2.75) is 12.5 Å². The Morgan fingerprint density at radius 3 is 1.90 bits per heavy atom. The standard InChI is InChI=1S/C26H20ClNO/c27-20-13-9-18(10-14-20)17-28-21-15-11-19(12-16-21)26-22-5-1-3-7-24(22)29-25-8-4-2-6-23(25)26/h1-16,26,28H,17H2. The summed E-state index contributed by atoms with van der Waals surface area (Å²) in [5.41, 5.74) is 5.95. The zero-order chi connectivity index (χ0) is 19.6. The van der Waals surface area contributed by atoms with Gasteiger partial charge in [0.15, 0.2) is 0 Å². The molecule has 0 radical (unpaired) electrons. The van der Waals surface area contributed by atoms with Gasteiger partial charge in [-0.1, -0.05) is 72.3 Å². The summed E-state index contributed by atoms with van der Waals surface area (Å²) < 4.78 is 6.13. The fraction of sp³-hybridized carbons (Fsp3) is 0.0769. The highest BCUT2D eigenvalue weighted by molar-refractivity contribution is 6.30. The molecule has 2 nitrogen and oxygen atoms in total. The Morgan fingerprint density at radius 1 is 0.690 bits per heavy atom. The molecule has 0 atom stereocenters. The maximum absolute atomic E-state index is 6.13. The molecule has 4 aromatic carbocycles. The first-order valence-electron chi connectivity index (χ1n) is 9.72. The van der Waals surface area contributed by atoms with Crippen molar-refractivity contribution in [1.29, 1.82) is 0 Å². The average molecular weight is 398 g/mol. The Hall–Kier alpha value is -3.23. The third-order valence-corrected chi connectivity index (χ3v) is 5.59. The number of fused-ring (bicyclic) bond motifs is 2. The van der Waals surface area contributed by atoms with E-state index in [2.05, 4.69) is 53.8 Å². The molecule has 1 heterocycles. The minimum atomic E-state index is 0.168. The topological polar surface area (TPSA) is 21.3 Å². The summed E-state index contributed by atoms with van der Waals surface area (Å²) in [5.74, 6) is 2.03. The van der Waals surface area contributed by atoms with Crippen LogP contribution < -0.4 is 10.1 Å². The number of anilines is 1. The van der Waals surface area contributed by atoms with E-state index in [9.17, 15) is 0 Å². The van der Waals surface area contributed by atoms with Crippen LogP contribution in [-0.4, -0.2) is 0 Å². The number of benzene rings is 4. The maximum atomic E-state index is 6.13. The van der Waals surface area contributed by atoms with Crippen molar-refractivity contribution in [3.05, 3.63) is 124 Å². The van der Waals surface area contributed by atoms with Gasteiger partial charge in [0.1, 0.15) is 11.5 Å². The van der Waals surface area contributed by atoms with Crippen molar-refractivity contribution >= 4 is 17.3 Å². The lowest BCUT2D eigenvalue weighted by molar-refractivity contribution is 0.453. The van der Waals surface area contributed by atoms with Crippen molar-refractivity contribution in [3.8, 4) is 11.5 Å². The maximum Gasteiger partial charge on any atom is 0.131 e. The lowest BCUT2D eigenvalue weighted by Gasteiger charge is -2.28. The molecule has 0 amide bonds. The minimum absolute atomic E-state index is 0.168. The summed E-state index contributed by atoms with van der Waals surface area (Å²) in [7, 11) is 0. The molecular weight excluding hydrogens is 378 g/mol. The van der Waals surface area contributed by atoms with E-state index in [1.807, 2.05) is 48.5 Å². The van der Waals surface area contributed by atoms with Gasteiger partial charge in [0.25, 0.3) is 0 Å². The first-order chi connectivity index (χ1) is 14.3. The van der Waals surface area contributed by atoms with Crippen LogP contribution in [-0.2, 0) is 6.54 Å². The summed E-state index contributed by atoms with van der Waals surface area (Å²) in [4.78, 5) is 0. The van der Waals surface area contributed by atoms with E-state index < -0.39 is 0 Å². The predicted molar refractivity (Wildman–Crippen MR) is 119 cm³/mol. The molecule has 1 aliphatic heterocycles. The van der Waals surface area contributed by atoms with Crippen LogP contribution in [0.2, 0.25) is 5.02 Å². The number of para-hydroxylation sites is 2. The SMILES string of the molecule is Clc1ccc(CNc2ccc(C3c4ccccc4Oc4ccccc43)cc2)cc1. The van der Waals surface area contributed by atoms with Gasteiger partial charge in [-0.25, -0.2) is 0 Å². The van der Waals surface area contributed by atoms with E-state index in [1.165, 1.54) is 22.3 Å². The largest absolute Gasteiger partial charge is 0.457 e. The Bertz CT molecular complexity index is 1090. The van der Waals surface area contributed by atoms with Crippen LogP contribution >= 0.6 is 11.6 Å². The fourth-order valence-corrected chi connectivity index (χ4v) is 3.99. The van der Waals surface area contributed by atoms with Gasteiger partial charge in [-0.2, -0.15) is 0 Å². The van der Waals surface area contributed by atoms with Gasteiger partial charge in [0, 0.05) is 34.3 Å². The van der Waals surface area contributed by atoms with Crippen molar-refractivity contribution in [3.63, 3.8) is 0 Å². The zero-order valence-electron chi connectivity index (χ0n) is 15.8. The molecule has 5 rings (SSSR count). The van der Waals surface area contributed by atoms with Crippen molar-refractivity contribution in [2.75, 3.05) is 5.32 Å². The lowest BCUT2D eigenvalue weighted by atomic mass is 9.82. The average Bonchev–Trinajstić information content (AvgIpc) is 2.77. The first-order valence-corrected chi connectivity index (χ1v) is 10.1. The number of rotatable bonds is 4. The summed E-state index contributed by atoms with van der Waals surface area (Å²) in [6.45, 7) is 0.763. The Labute approximate surface area is 175 Å². The number of nitrogens with one attached hydrogen (secondary N) is 1. The first kappa shape index (κ1) is 17.8. The molecule has 0 bridgehead atoms. The molecule has 3 heteroatoms. The molecule has 0 aliphatic carbocycles. The van der Waals surface area contributed by atoms with E-state index in [4.69, 9.17) is 16.3 Å². The molecule has 4 aromatic rings. The lowest BCUT2D eigenvalue weighted by Crippen LogP contribution is -2.11. The van der Waals surface area contributed by atoms with E-state index in [0.717, 1.165) is 28.8 Å². The van der Waals surface area contributed by atoms with Gasteiger partial charge in [-0.15, -0.1) is 0 Å². The van der Waals surface area contributed by atoms with Crippen LogP contribution in [0.4, 0.5) is 5.69 Å². The third-order valence-electron chi connectivity index (χ3n) is 5.33. The Balaban J connectivity index is 1.42. The number of halogens is 1. The highest BCUT2D eigenvalue weighted by atomic mass is 35.5. The van der Waals surface area contributed by atoms with Gasteiger partial charge in [-0.05, 0) is 47.5 Å². The summed E-state index contributed by atoms with van der Waals surface area (Å²) >= 11 is 5.96. The second-order valence-corrected chi connectivity index (χ2v) is 7.65. The third kappa shape index (κ3) is 3.59. The molecule has 0 unspecified atom stereocenters. The van der Waals surface area contributed by atoms with Crippen LogP contribution in [0.1, 0.15) is 28.2 Å². The molecule has 0 spiro atoms. The van der Waals surface area contributed by atoms with Crippen LogP contribution in [0.3, 0.4) is 0 Å². The van der Waals surface area contributed by atoms with Gasteiger partial charge < -0.3 is 10.1 Å². The zero-order valence-corrected chi connectivity index (χ0v) is 16.6. The molecule has 0 fully saturated rings. The van der Waals surface area contributed by atoms with Gasteiger partial charge in [-0.3, -0.25) is 0 Å². The molecule has 0 saturated carbocycles. The second-order valence-electron chi connectivity index (χ2n) is 7.21. The Morgan fingerprint density at radius 2 is 1.28 bits per heavy atom. The number of hydrogen-bond acceptors (Lipinski definition) is 2. The highest BCUT2D eigenvalue weighted by Gasteiger charge is 2.27. The van der Waals surface area contributed by atoms with Crippen molar-refractivity contribution < 1.29 is 4.74 Å². The second kappa shape index (κ2) is 7.65. The van der Waals surface area contributed by atoms with E-state index >= 15 is 0 Å². The van der Waals surface area contributed by atoms with Crippen LogP contribution in [0.5, 0.6) is 11.5 Å². The molecule has 0 aromatic heterocycles. The van der Waals surface area contributed by atoms with Gasteiger partial charge in [0.05, 0.1) is 0 Å². The van der Waals surface area contributed by atoms with Gasteiger partial charge in [0.2, 0.25) is 0 Å². The van der Waals surface area contributed by atoms with Crippen molar-refractivity contribution in [1.82, 2.24) is 0 Å². The highest BCUT2D eigenvalue weighted by Crippen LogP contribution is 2.47. The summed E-state index contributed by atoms with van der Waals surface area (Å²) in [5, 5.41) is 4.24. The predicted octanol–water partition coefficient (Wildman–Crippen LogP) is 7.24. The van der Waals surface area contributed by atoms with Crippen molar-refractivity contribution in [2.24, 2.45) is 0 Å². The molecule has 29 heavy (non-hydrogen) atoms. The molecule has 142 valence electrons. The molecule has 1 N–H and O–H groups in total. The number of hydrogen-bond donors (Lipinski definition) is 1. The van der Waals surface area contributed by atoms with Crippen LogP contribution in [0.25, 0.3) is 0 Å². The quantitative estimate of drug-likeness (QED) is 0.345. The molecule has 1 aliphatic rings. The fourth-order valence-electron chi connectivity index (χ4n) is 3.87. The normalized spacial score (nSPS) is 12.6. The summed E-state index contributed by atoms with van der Waals surface area (Å²) in [6.07, 6.45) is 0. The monoisotopic (exact) mass is 397 g/mol.